The molecule has 0 spiro atoms. The summed E-state index contributed by atoms with van der Waals surface area (Å²) in [7, 11) is 0. The van der Waals surface area contributed by atoms with Gasteiger partial charge in [-0.25, -0.2) is 0 Å². The topological polar surface area (TPSA) is 83.6 Å². The lowest BCUT2D eigenvalue weighted by atomic mass is 10.2. The van der Waals surface area contributed by atoms with Crippen LogP contribution in [0.1, 0.15) is 6.92 Å². The monoisotopic (exact) mass is 295 g/mol. The van der Waals surface area contributed by atoms with Crippen molar-refractivity contribution >= 4 is 27.5 Å². The lowest BCUT2D eigenvalue weighted by molar-refractivity contribution is -0.115. The molecule has 0 bridgehead atoms. The number of anilines is 1. The predicted molar refractivity (Wildman–Crippen MR) is 66.6 cm³/mol. The highest BCUT2D eigenvalue weighted by molar-refractivity contribution is 9.10. The molecule has 0 aliphatic heterocycles. The summed E-state index contributed by atoms with van der Waals surface area (Å²) in [5.74, 6) is 0.392. The third-order valence-corrected chi connectivity index (χ3v) is 2.51. The van der Waals surface area contributed by atoms with E-state index >= 15 is 0 Å². The lowest BCUT2D eigenvalue weighted by Gasteiger charge is -2.07. The highest BCUT2D eigenvalue weighted by Gasteiger charge is 2.09. The Morgan fingerprint density at radius 2 is 2.35 bits per heavy atom. The molecule has 1 aromatic heterocycles. The minimum absolute atomic E-state index is 0.102. The second kappa shape index (κ2) is 5.05. The molecule has 2 aromatic rings. The van der Waals surface area contributed by atoms with Gasteiger partial charge in [0.1, 0.15) is 0 Å². The van der Waals surface area contributed by atoms with Crippen molar-refractivity contribution in [3.8, 4) is 11.4 Å². The van der Waals surface area contributed by atoms with Crippen LogP contribution in [0.3, 0.4) is 0 Å². The molecule has 0 aliphatic carbocycles. The standard InChI is InChI=1S/C10H10BrN5O/c1-6(11)10(17)12-8-4-2-3-7(5-8)9-13-15-16-14-9/h2-6H,1H3,(H,12,17)(H,13,14,15,16). The van der Waals surface area contributed by atoms with Crippen LogP contribution in [0.15, 0.2) is 24.3 Å². The number of nitrogens with one attached hydrogen (secondary N) is 2. The summed E-state index contributed by atoms with van der Waals surface area (Å²) in [6, 6.07) is 7.26. The smallest absolute Gasteiger partial charge is 0.237 e. The molecule has 1 atom stereocenters. The van der Waals surface area contributed by atoms with E-state index in [-0.39, 0.29) is 10.7 Å². The molecular weight excluding hydrogens is 286 g/mol. The van der Waals surface area contributed by atoms with Gasteiger partial charge in [-0.1, -0.05) is 28.1 Å². The van der Waals surface area contributed by atoms with Crippen molar-refractivity contribution in [2.24, 2.45) is 0 Å². The predicted octanol–water partition coefficient (Wildman–Crippen LogP) is 1.59. The highest BCUT2D eigenvalue weighted by atomic mass is 79.9. The second-order valence-corrected chi connectivity index (χ2v) is 4.79. The van der Waals surface area contributed by atoms with E-state index in [1.807, 2.05) is 12.1 Å². The summed E-state index contributed by atoms with van der Waals surface area (Å²) in [5.41, 5.74) is 1.49. The first-order valence-corrected chi connectivity index (χ1v) is 5.87. The van der Waals surface area contributed by atoms with E-state index in [0.717, 1.165) is 5.56 Å². The van der Waals surface area contributed by atoms with Crippen LogP contribution >= 0.6 is 15.9 Å². The molecule has 0 saturated heterocycles. The lowest BCUT2D eigenvalue weighted by Crippen LogP contribution is -2.19. The molecule has 1 amide bonds. The molecule has 2 rings (SSSR count). The molecule has 0 saturated carbocycles. The Balaban J connectivity index is 2.20. The maximum Gasteiger partial charge on any atom is 0.237 e. The number of hydrogen-bond donors (Lipinski definition) is 2. The van der Waals surface area contributed by atoms with Gasteiger partial charge in [0.25, 0.3) is 0 Å². The number of benzene rings is 1. The average molecular weight is 296 g/mol. The van der Waals surface area contributed by atoms with Gasteiger partial charge in [0.15, 0.2) is 0 Å². The summed E-state index contributed by atoms with van der Waals surface area (Å²) < 4.78 is 0. The first-order valence-electron chi connectivity index (χ1n) is 4.95. The summed E-state index contributed by atoms with van der Waals surface area (Å²) in [6.07, 6.45) is 0. The van der Waals surface area contributed by atoms with Gasteiger partial charge in [-0.15, -0.1) is 10.2 Å². The molecule has 17 heavy (non-hydrogen) atoms. The number of alkyl halides is 1. The fourth-order valence-electron chi connectivity index (χ4n) is 1.26. The fraction of sp³-hybridized carbons (Fsp3) is 0.200. The Kier molecular flexibility index (Phi) is 3.48. The normalized spacial score (nSPS) is 12.1. The SMILES string of the molecule is CC(Br)C(=O)Nc1cccc(-c2nn[nH]n2)c1. The van der Waals surface area contributed by atoms with Crippen LogP contribution < -0.4 is 5.32 Å². The van der Waals surface area contributed by atoms with Crippen molar-refractivity contribution in [3.05, 3.63) is 24.3 Å². The van der Waals surface area contributed by atoms with Gasteiger partial charge in [-0.05, 0) is 24.3 Å². The molecular formula is C10H10BrN5O. The Labute approximate surface area is 106 Å². The summed E-state index contributed by atoms with van der Waals surface area (Å²) in [6.45, 7) is 1.76. The van der Waals surface area contributed by atoms with Gasteiger partial charge < -0.3 is 5.32 Å². The van der Waals surface area contributed by atoms with Crippen LogP contribution in [-0.2, 0) is 4.79 Å². The maximum absolute atomic E-state index is 11.5. The van der Waals surface area contributed by atoms with Crippen LogP contribution in [0.4, 0.5) is 5.69 Å². The number of H-pyrrole nitrogens is 1. The van der Waals surface area contributed by atoms with E-state index < -0.39 is 0 Å². The number of aromatic nitrogens is 4. The first-order chi connectivity index (χ1) is 8.16. The first kappa shape index (κ1) is 11.7. The Hall–Kier alpha value is -1.76. The molecule has 0 fully saturated rings. The molecule has 0 radical (unpaired) electrons. The quantitative estimate of drug-likeness (QED) is 0.842. The largest absolute Gasteiger partial charge is 0.325 e. The molecule has 1 heterocycles. The molecule has 7 heteroatoms. The zero-order valence-corrected chi connectivity index (χ0v) is 10.6. The van der Waals surface area contributed by atoms with Crippen LogP contribution in [-0.4, -0.2) is 31.4 Å². The number of amides is 1. The molecule has 2 N–H and O–H groups in total. The van der Waals surface area contributed by atoms with E-state index in [4.69, 9.17) is 0 Å². The Morgan fingerprint density at radius 3 is 3.00 bits per heavy atom. The van der Waals surface area contributed by atoms with E-state index in [9.17, 15) is 4.79 Å². The number of nitrogens with zero attached hydrogens (tertiary/aromatic N) is 3. The Bertz CT molecular complexity index is 511. The highest BCUT2D eigenvalue weighted by Crippen LogP contribution is 2.18. The summed E-state index contributed by atoms with van der Waals surface area (Å²) in [4.78, 5) is 11.3. The van der Waals surface area contributed by atoms with Gasteiger partial charge in [0.2, 0.25) is 11.7 Å². The van der Waals surface area contributed by atoms with E-state index in [1.165, 1.54) is 0 Å². The fourth-order valence-corrected chi connectivity index (χ4v) is 1.38. The van der Waals surface area contributed by atoms with Gasteiger partial charge in [-0.2, -0.15) is 5.21 Å². The van der Waals surface area contributed by atoms with Crippen molar-refractivity contribution in [2.75, 3.05) is 5.32 Å². The van der Waals surface area contributed by atoms with Crippen LogP contribution in [0.2, 0.25) is 0 Å². The van der Waals surface area contributed by atoms with Crippen LogP contribution in [0.25, 0.3) is 11.4 Å². The number of carbonyl (C=O) groups is 1. The molecule has 6 nitrogen and oxygen atoms in total. The molecule has 1 aromatic carbocycles. The van der Waals surface area contributed by atoms with Gasteiger partial charge in [0, 0.05) is 11.3 Å². The maximum atomic E-state index is 11.5. The minimum atomic E-state index is -0.240. The molecule has 1 unspecified atom stereocenters. The number of hydrogen-bond acceptors (Lipinski definition) is 4. The molecule has 0 aliphatic rings. The molecule has 88 valence electrons. The number of halogens is 1. The van der Waals surface area contributed by atoms with Gasteiger partial charge in [0.05, 0.1) is 4.83 Å². The van der Waals surface area contributed by atoms with E-state index in [0.29, 0.717) is 11.5 Å². The van der Waals surface area contributed by atoms with Crippen molar-refractivity contribution in [1.29, 1.82) is 0 Å². The van der Waals surface area contributed by atoms with Crippen molar-refractivity contribution in [1.82, 2.24) is 20.6 Å². The Morgan fingerprint density at radius 1 is 1.53 bits per heavy atom. The number of carbonyl (C=O) groups excluding carboxylic acids is 1. The van der Waals surface area contributed by atoms with E-state index in [2.05, 4.69) is 41.9 Å². The van der Waals surface area contributed by atoms with Crippen molar-refractivity contribution in [2.45, 2.75) is 11.8 Å². The van der Waals surface area contributed by atoms with Crippen LogP contribution in [0, 0.1) is 0 Å². The van der Waals surface area contributed by atoms with Crippen LogP contribution in [0.5, 0.6) is 0 Å². The summed E-state index contributed by atoms with van der Waals surface area (Å²) >= 11 is 3.20. The number of rotatable bonds is 3. The van der Waals surface area contributed by atoms with E-state index in [1.54, 1.807) is 19.1 Å². The summed E-state index contributed by atoms with van der Waals surface area (Å²) in [5, 5.41) is 16.4. The zero-order valence-electron chi connectivity index (χ0n) is 9.01. The zero-order chi connectivity index (χ0) is 12.3. The van der Waals surface area contributed by atoms with Gasteiger partial charge >= 0.3 is 0 Å². The van der Waals surface area contributed by atoms with Crippen molar-refractivity contribution < 1.29 is 4.79 Å². The minimum Gasteiger partial charge on any atom is -0.325 e. The van der Waals surface area contributed by atoms with Crippen molar-refractivity contribution in [3.63, 3.8) is 0 Å². The van der Waals surface area contributed by atoms with Gasteiger partial charge in [-0.3, -0.25) is 4.79 Å². The average Bonchev–Trinajstić information content (AvgIpc) is 2.82. The number of tetrazole rings is 1. The third-order valence-electron chi connectivity index (χ3n) is 2.09. The number of aromatic amines is 1. The second-order valence-electron chi connectivity index (χ2n) is 3.42. The third kappa shape index (κ3) is 2.88.